The van der Waals surface area contributed by atoms with Crippen molar-refractivity contribution in [1.82, 2.24) is 0 Å². The summed E-state index contributed by atoms with van der Waals surface area (Å²) in [6.45, 7) is 0. The minimum atomic E-state index is -4.39. The molecule has 1 aromatic carbocycles. The second-order valence-electron chi connectivity index (χ2n) is 3.15. The molecule has 0 N–H and O–H groups in total. The largest absolute Gasteiger partial charge is 0.446 e. The molecule has 1 aromatic rings. The fraction of sp³-hybridized carbons (Fsp3) is 0.300. The SMILES string of the molecule is O=C(CBr)Cc1ccc(Cl)cc1SC(F)(F)F. The van der Waals surface area contributed by atoms with E-state index in [9.17, 15) is 18.0 Å². The molecule has 0 saturated heterocycles. The molecule has 0 aliphatic heterocycles. The molecule has 0 unspecified atom stereocenters. The van der Waals surface area contributed by atoms with Crippen LogP contribution in [0.3, 0.4) is 0 Å². The van der Waals surface area contributed by atoms with Gasteiger partial charge in [0, 0.05) is 16.3 Å². The van der Waals surface area contributed by atoms with Gasteiger partial charge in [-0.3, -0.25) is 4.79 Å². The van der Waals surface area contributed by atoms with Gasteiger partial charge in [-0.1, -0.05) is 33.6 Å². The van der Waals surface area contributed by atoms with E-state index in [4.69, 9.17) is 11.6 Å². The number of ketones is 1. The van der Waals surface area contributed by atoms with Crippen LogP contribution >= 0.6 is 39.3 Å². The van der Waals surface area contributed by atoms with Crippen LogP contribution in [0.2, 0.25) is 5.02 Å². The normalized spacial score (nSPS) is 11.6. The molecular formula is C10H7BrClF3OS. The molecule has 0 radical (unpaired) electrons. The molecule has 0 aliphatic rings. The van der Waals surface area contributed by atoms with E-state index in [2.05, 4.69) is 15.9 Å². The van der Waals surface area contributed by atoms with Gasteiger partial charge < -0.3 is 0 Å². The standard InChI is InChI=1S/C10H7BrClF3OS/c11-5-8(16)3-6-1-2-7(12)4-9(6)17-10(13,14)15/h1-2,4H,3,5H2. The highest BCUT2D eigenvalue weighted by molar-refractivity contribution is 9.09. The van der Waals surface area contributed by atoms with Crippen molar-refractivity contribution in [2.45, 2.75) is 16.8 Å². The van der Waals surface area contributed by atoms with Gasteiger partial charge in [0.25, 0.3) is 0 Å². The monoisotopic (exact) mass is 346 g/mol. The second-order valence-corrected chi connectivity index (χ2v) is 5.25. The van der Waals surface area contributed by atoms with Crippen LogP contribution in [0.4, 0.5) is 13.2 Å². The first kappa shape index (κ1) is 14.9. The van der Waals surface area contributed by atoms with E-state index < -0.39 is 5.51 Å². The number of benzene rings is 1. The minimum absolute atomic E-state index is 0.0284. The number of alkyl halides is 4. The maximum atomic E-state index is 12.3. The Morgan fingerprint density at radius 3 is 2.59 bits per heavy atom. The van der Waals surface area contributed by atoms with Crippen molar-refractivity contribution in [1.29, 1.82) is 0 Å². The molecule has 1 nitrogen and oxygen atoms in total. The Morgan fingerprint density at radius 1 is 1.41 bits per heavy atom. The van der Waals surface area contributed by atoms with Crippen LogP contribution in [-0.4, -0.2) is 16.6 Å². The van der Waals surface area contributed by atoms with Crippen molar-refractivity contribution in [2.24, 2.45) is 0 Å². The van der Waals surface area contributed by atoms with Crippen molar-refractivity contribution in [3.63, 3.8) is 0 Å². The molecule has 0 bridgehead atoms. The zero-order chi connectivity index (χ0) is 13.1. The van der Waals surface area contributed by atoms with Gasteiger partial charge in [-0.05, 0) is 29.5 Å². The second kappa shape index (κ2) is 6.11. The number of thioether (sulfide) groups is 1. The number of hydrogen-bond donors (Lipinski definition) is 0. The highest BCUT2D eigenvalue weighted by Crippen LogP contribution is 2.39. The molecule has 0 saturated carbocycles. The Kier molecular flexibility index (Phi) is 5.34. The zero-order valence-corrected chi connectivity index (χ0v) is 11.5. The van der Waals surface area contributed by atoms with Crippen LogP contribution < -0.4 is 0 Å². The predicted molar refractivity (Wildman–Crippen MR) is 65.9 cm³/mol. The van der Waals surface area contributed by atoms with Crippen molar-refractivity contribution < 1.29 is 18.0 Å². The molecule has 0 aromatic heterocycles. The first-order valence-corrected chi connectivity index (χ1v) is 6.75. The number of halogens is 5. The molecule has 0 atom stereocenters. The quantitative estimate of drug-likeness (QED) is 0.591. The van der Waals surface area contributed by atoms with Crippen molar-refractivity contribution in [3.05, 3.63) is 28.8 Å². The summed E-state index contributed by atoms with van der Waals surface area (Å²) in [6.07, 6.45) is -0.0408. The Balaban J connectivity index is 2.99. The average Bonchev–Trinajstić information content (AvgIpc) is 2.19. The predicted octanol–water partition coefficient (Wildman–Crippen LogP) is 4.46. The van der Waals surface area contributed by atoms with Gasteiger partial charge in [0.05, 0.1) is 5.33 Å². The summed E-state index contributed by atoms with van der Waals surface area (Å²) >= 11 is 8.35. The number of hydrogen-bond acceptors (Lipinski definition) is 2. The van der Waals surface area contributed by atoms with Crippen LogP contribution in [0.5, 0.6) is 0 Å². The lowest BCUT2D eigenvalue weighted by Gasteiger charge is -2.10. The van der Waals surface area contributed by atoms with Crippen LogP contribution in [0, 0.1) is 0 Å². The van der Waals surface area contributed by atoms with Gasteiger partial charge >= 0.3 is 5.51 Å². The Labute approximate surface area is 114 Å². The van der Waals surface area contributed by atoms with Gasteiger partial charge in [0.2, 0.25) is 0 Å². The van der Waals surface area contributed by atoms with Crippen LogP contribution in [0.25, 0.3) is 0 Å². The van der Waals surface area contributed by atoms with Gasteiger partial charge in [0.15, 0.2) is 0 Å². The molecule has 0 spiro atoms. The van der Waals surface area contributed by atoms with Crippen LogP contribution in [0.1, 0.15) is 5.56 Å². The zero-order valence-electron chi connectivity index (χ0n) is 8.35. The molecule has 94 valence electrons. The highest BCUT2D eigenvalue weighted by Gasteiger charge is 2.30. The maximum absolute atomic E-state index is 12.3. The van der Waals surface area contributed by atoms with E-state index in [1.807, 2.05) is 0 Å². The Hall–Kier alpha value is -0.200. The smallest absolute Gasteiger partial charge is 0.298 e. The lowest BCUT2D eigenvalue weighted by Crippen LogP contribution is -2.07. The molecule has 1 rings (SSSR count). The van der Waals surface area contributed by atoms with E-state index in [0.717, 1.165) is 0 Å². The highest BCUT2D eigenvalue weighted by atomic mass is 79.9. The number of Topliss-reactive ketones (excluding diaryl/α,β-unsaturated/α-hetero) is 1. The summed E-state index contributed by atoms with van der Waals surface area (Å²) in [5.74, 6) is -0.184. The first-order valence-electron chi connectivity index (χ1n) is 4.43. The van der Waals surface area contributed by atoms with Crippen molar-refractivity contribution in [3.8, 4) is 0 Å². The lowest BCUT2D eigenvalue weighted by atomic mass is 10.1. The molecule has 0 aliphatic carbocycles. The maximum Gasteiger partial charge on any atom is 0.446 e. The lowest BCUT2D eigenvalue weighted by molar-refractivity contribution is -0.115. The van der Waals surface area contributed by atoms with E-state index in [0.29, 0.717) is 5.56 Å². The molecule has 7 heteroatoms. The summed E-state index contributed by atoms with van der Waals surface area (Å²) in [5.41, 5.74) is -4.06. The summed E-state index contributed by atoms with van der Waals surface area (Å²) in [4.78, 5) is 11.2. The van der Waals surface area contributed by atoms with Crippen LogP contribution in [0.15, 0.2) is 23.1 Å². The van der Waals surface area contributed by atoms with E-state index in [-0.39, 0.29) is 39.2 Å². The first-order chi connectivity index (χ1) is 7.81. The minimum Gasteiger partial charge on any atom is -0.298 e. The molecule has 0 heterocycles. The number of rotatable bonds is 4. The third kappa shape index (κ3) is 5.31. The third-order valence-corrected chi connectivity index (χ3v) is 3.48. The third-order valence-electron chi connectivity index (χ3n) is 1.79. The molecule has 0 amide bonds. The van der Waals surface area contributed by atoms with Crippen molar-refractivity contribution in [2.75, 3.05) is 5.33 Å². The summed E-state index contributed by atoms with van der Waals surface area (Å²) < 4.78 is 36.9. The Morgan fingerprint density at radius 2 is 2.06 bits per heavy atom. The summed E-state index contributed by atoms with van der Waals surface area (Å²) in [6, 6.07) is 4.13. The molecule has 0 fully saturated rings. The number of carbonyl (C=O) groups excluding carboxylic acids is 1. The van der Waals surface area contributed by atoms with E-state index in [1.54, 1.807) is 0 Å². The number of carbonyl (C=O) groups is 1. The fourth-order valence-electron chi connectivity index (χ4n) is 1.15. The van der Waals surface area contributed by atoms with E-state index in [1.165, 1.54) is 18.2 Å². The molecular weight excluding hydrogens is 341 g/mol. The van der Waals surface area contributed by atoms with Crippen molar-refractivity contribution >= 4 is 45.1 Å². The average molecular weight is 348 g/mol. The molecule has 17 heavy (non-hydrogen) atoms. The Bertz CT molecular complexity index is 423. The van der Waals surface area contributed by atoms with E-state index >= 15 is 0 Å². The fourth-order valence-corrected chi connectivity index (χ4v) is 2.30. The van der Waals surface area contributed by atoms with Gasteiger partial charge in [0.1, 0.15) is 5.78 Å². The van der Waals surface area contributed by atoms with Gasteiger partial charge in [-0.25, -0.2) is 0 Å². The summed E-state index contributed by atoms with van der Waals surface area (Å²) in [5, 5.41) is 0.331. The summed E-state index contributed by atoms with van der Waals surface area (Å²) in [7, 11) is 0. The van der Waals surface area contributed by atoms with Crippen LogP contribution in [-0.2, 0) is 11.2 Å². The van der Waals surface area contributed by atoms with Gasteiger partial charge in [-0.15, -0.1) is 0 Å². The topological polar surface area (TPSA) is 17.1 Å². The van der Waals surface area contributed by atoms with Gasteiger partial charge in [-0.2, -0.15) is 13.2 Å².